The molecule has 0 fully saturated rings. The largest absolute Gasteiger partial charge is 0.455 e. The van der Waals surface area contributed by atoms with Crippen molar-refractivity contribution in [2.75, 3.05) is 0 Å². The highest BCUT2D eigenvalue weighted by molar-refractivity contribution is 9.14. The smallest absolute Gasteiger partial charge is 0.156 e. The Labute approximate surface area is 147 Å². The van der Waals surface area contributed by atoms with Crippen molar-refractivity contribution >= 4 is 79.6 Å². The molecule has 2 aromatic rings. The minimum absolute atomic E-state index is 0.729. The van der Waals surface area contributed by atoms with Crippen LogP contribution in [0.5, 0.6) is 11.5 Å². The first-order valence-electron chi connectivity index (χ1n) is 4.75. The van der Waals surface area contributed by atoms with Gasteiger partial charge >= 0.3 is 0 Å². The summed E-state index contributed by atoms with van der Waals surface area (Å²) >= 11 is 17.3. The minimum atomic E-state index is 0.729. The van der Waals surface area contributed by atoms with E-state index >= 15 is 0 Å². The molecule has 0 heterocycles. The Morgan fingerprint density at radius 2 is 1.33 bits per heavy atom. The molecule has 0 aromatic heterocycles. The van der Waals surface area contributed by atoms with Gasteiger partial charge in [0.1, 0.15) is 5.75 Å². The van der Waals surface area contributed by atoms with E-state index in [1.54, 1.807) is 0 Å². The highest BCUT2D eigenvalue weighted by Crippen LogP contribution is 2.44. The van der Waals surface area contributed by atoms with E-state index in [2.05, 4.69) is 79.6 Å². The average Bonchev–Trinajstić information content (AvgIpc) is 2.34. The SMILES string of the molecule is Brc1ccc(Oc2c(Br)cc(Br)c(Br)c2Br)cc1. The van der Waals surface area contributed by atoms with E-state index < -0.39 is 0 Å². The van der Waals surface area contributed by atoms with Crippen LogP contribution in [0.3, 0.4) is 0 Å². The Morgan fingerprint density at radius 1 is 0.722 bits per heavy atom. The second-order valence-corrected chi connectivity index (χ2v) is 7.56. The van der Waals surface area contributed by atoms with Gasteiger partial charge in [0.15, 0.2) is 5.75 Å². The summed E-state index contributed by atoms with van der Waals surface area (Å²) in [6, 6.07) is 9.61. The van der Waals surface area contributed by atoms with Crippen LogP contribution in [-0.2, 0) is 0 Å². The topological polar surface area (TPSA) is 9.23 Å². The molecule has 1 nitrogen and oxygen atoms in total. The summed E-state index contributed by atoms with van der Waals surface area (Å²) in [5, 5.41) is 0. The van der Waals surface area contributed by atoms with Gasteiger partial charge in [0.05, 0.1) is 8.95 Å². The summed E-state index contributed by atoms with van der Waals surface area (Å²) in [6.07, 6.45) is 0. The third kappa shape index (κ3) is 3.39. The lowest BCUT2D eigenvalue weighted by Crippen LogP contribution is -1.88. The number of hydrogen-bond donors (Lipinski definition) is 0. The Bertz CT molecular complexity index is 580. The molecular weight excluding hydrogens is 560 g/mol. The van der Waals surface area contributed by atoms with Crippen molar-refractivity contribution < 1.29 is 4.74 Å². The average molecular weight is 565 g/mol. The molecule has 0 aliphatic rings. The van der Waals surface area contributed by atoms with E-state index in [0.717, 1.165) is 33.9 Å². The number of hydrogen-bond acceptors (Lipinski definition) is 1. The molecule has 0 radical (unpaired) electrons. The van der Waals surface area contributed by atoms with E-state index in [1.165, 1.54) is 0 Å². The van der Waals surface area contributed by atoms with Gasteiger partial charge in [0.25, 0.3) is 0 Å². The lowest BCUT2D eigenvalue weighted by Gasteiger charge is -2.12. The fraction of sp³-hybridized carbons (Fsp3) is 0. The van der Waals surface area contributed by atoms with Crippen molar-refractivity contribution in [3.8, 4) is 11.5 Å². The maximum Gasteiger partial charge on any atom is 0.156 e. The van der Waals surface area contributed by atoms with E-state index in [4.69, 9.17) is 4.74 Å². The fourth-order valence-electron chi connectivity index (χ4n) is 1.26. The van der Waals surface area contributed by atoms with Crippen LogP contribution >= 0.6 is 79.6 Å². The molecule has 18 heavy (non-hydrogen) atoms. The lowest BCUT2D eigenvalue weighted by atomic mass is 10.3. The molecule has 0 aliphatic heterocycles. The standard InChI is InChI=1S/C12H5Br5O/c13-6-1-3-7(4-2-6)18-12-9(15)5-8(14)10(16)11(12)17/h1-5H. The quantitative estimate of drug-likeness (QED) is 0.275. The van der Waals surface area contributed by atoms with Crippen LogP contribution < -0.4 is 4.74 Å². The molecule has 0 bridgehead atoms. The van der Waals surface area contributed by atoms with Crippen LogP contribution in [0.1, 0.15) is 0 Å². The van der Waals surface area contributed by atoms with Gasteiger partial charge in [0.2, 0.25) is 0 Å². The summed E-state index contributed by atoms with van der Waals surface area (Å²) in [7, 11) is 0. The second kappa shape index (κ2) is 6.39. The maximum absolute atomic E-state index is 5.87. The molecule has 6 heteroatoms. The van der Waals surface area contributed by atoms with E-state index in [0.29, 0.717) is 0 Å². The van der Waals surface area contributed by atoms with Crippen molar-refractivity contribution in [2.45, 2.75) is 0 Å². The van der Waals surface area contributed by atoms with Crippen LogP contribution in [0, 0.1) is 0 Å². The molecule has 0 saturated heterocycles. The van der Waals surface area contributed by atoms with E-state index in [9.17, 15) is 0 Å². The Balaban J connectivity index is 2.40. The second-order valence-electron chi connectivity index (χ2n) is 3.35. The maximum atomic E-state index is 5.87. The molecule has 0 unspecified atom stereocenters. The normalized spacial score (nSPS) is 10.5. The third-order valence-electron chi connectivity index (χ3n) is 2.11. The predicted molar refractivity (Wildman–Crippen MR) is 91.5 cm³/mol. The highest BCUT2D eigenvalue weighted by atomic mass is 79.9. The first kappa shape index (κ1) is 15.0. The molecule has 0 atom stereocenters. The molecule has 2 aromatic carbocycles. The van der Waals surface area contributed by atoms with E-state index in [1.807, 2.05) is 30.3 Å². The van der Waals surface area contributed by atoms with Crippen molar-refractivity contribution in [1.29, 1.82) is 0 Å². The summed E-state index contributed by atoms with van der Waals surface area (Å²) in [4.78, 5) is 0. The van der Waals surface area contributed by atoms with Gasteiger partial charge in [-0.1, -0.05) is 15.9 Å². The summed E-state index contributed by atoms with van der Waals surface area (Å²) in [6.45, 7) is 0. The highest BCUT2D eigenvalue weighted by Gasteiger charge is 2.14. The number of benzene rings is 2. The first-order chi connectivity index (χ1) is 8.49. The monoisotopic (exact) mass is 560 g/mol. The fourth-order valence-corrected chi connectivity index (χ4v) is 4.11. The van der Waals surface area contributed by atoms with Crippen molar-refractivity contribution in [3.05, 3.63) is 52.7 Å². The van der Waals surface area contributed by atoms with Gasteiger partial charge in [0, 0.05) is 13.4 Å². The molecule has 0 saturated carbocycles. The van der Waals surface area contributed by atoms with Crippen LogP contribution in [0.25, 0.3) is 0 Å². The molecule has 0 aliphatic carbocycles. The number of rotatable bonds is 2. The Morgan fingerprint density at radius 3 is 1.94 bits per heavy atom. The van der Waals surface area contributed by atoms with Crippen molar-refractivity contribution in [1.82, 2.24) is 0 Å². The molecule has 0 spiro atoms. The van der Waals surface area contributed by atoms with Crippen LogP contribution in [0.2, 0.25) is 0 Å². The van der Waals surface area contributed by atoms with Crippen molar-refractivity contribution in [3.63, 3.8) is 0 Å². The molecule has 0 amide bonds. The van der Waals surface area contributed by atoms with Crippen LogP contribution in [-0.4, -0.2) is 0 Å². The Hall–Kier alpha value is 0.640. The zero-order chi connectivity index (χ0) is 13.3. The van der Waals surface area contributed by atoms with Crippen LogP contribution in [0.15, 0.2) is 52.7 Å². The lowest BCUT2D eigenvalue weighted by molar-refractivity contribution is 0.476. The molecule has 2 rings (SSSR count). The Kier molecular flexibility index (Phi) is 5.34. The number of ether oxygens (including phenoxy) is 1. The van der Waals surface area contributed by atoms with Gasteiger partial charge in [-0.05, 0) is 94.1 Å². The first-order valence-corrected chi connectivity index (χ1v) is 8.72. The minimum Gasteiger partial charge on any atom is -0.455 e. The summed E-state index contributed by atoms with van der Waals surface area (Å²) in [5.74, 6) is 1.50. The van der Waals surface area contributed by atoms with Gasteiger partial charge in [-0.2, -0.15) is 0 Å². The van der Waals surface area contributed by atoms with Crippen LogP contribution in [0.4, 0.5) is 0 Å². The zero-order valence-corrected chi connectivity index (χ0v) is 16.6. The van der Waals surface area contributed by atoms with Gasteiger partial charge in [-0.3, -0.25) is 0 Å². The summed E-state index contributed by atoms with van der Waals surface area (Å²) < 4.78 is 10.5. The number of halogens is 5. The molecule has 94 valence electrons. The zero-order valence-electron chi connectivity index (χ0n) is 8.68. The third-order valence-corrected chi connectivity index (χ3v) is 6.49. The summed E-state index contributed by atoms with van der Waals surface area (Å²) in [5.41, 5.74) is 0. The molecule has 0 N–H and O–H groups in total. The van der Waals surface area contributed by atoms with Gasteiger partial charge < -0.3 is 4.74 Å². The van der Waals surface area contributed by atoms with Gasteiger partial charge in [-0.25, -0.2) is 0 Å². The van der Waals surface area contributed by atoms with Crippen molar-refractivity contribution in [2.24, 2.45) is 0 Å². The predicted octanol–water partition coefficient (Wildman–Crippen LogP) is 7.29. The van der Waals surface area contributed by atoms with Gasteiger partial charge in [-0.15, -0.1) is 0 Å². The molecular formula is C12H5Br5O. The van der Waals surface area contributed by atoms with E-state index in [-0.39, 0.29) is 0 Å².